The van der Waals surface area contributed by atoms with Gasteiger partial charge in [0.25, 0.3) is 14.3 Å². The van der Waals surface area contributed by atoms with Gasteiger partial charge in [0.2, 0.25) is 6.29 Å². The number of rotatable bonds is 3. The van der Waals surface area contributed by atoms with Crippen molar-refractivity contribution in [2.45, 2.75) is 64.6 Å². The van der Waals surface area contributed by atoms with Gasteiger partial charge in [0.15, 0.2) is 0 Å². The van der Waals surface area contributed by atoms with Gasteiger partial charge in [-0.25, -0.2) is 0 Å². The zero-order valence-corrected chi connectivity index (χ0v) is 16.3. The Hall–Kier alpha value is -1.26. The second-order valence-corrected chi connectivity index (χ2v) is 13.3. The summed E-state index contributed by atoms with van der Waals surface area (Å²) in [5.41, 5.74) is 0.593. The minimum Gasteiger partial charge on any atom is -0.519 e. The van der Waals surface area contributed by atoms with E-state index in [1.54, 1.807) is 0 Å². The van der Waals surface area contributed by atoms with Crippen LogP contribution in [0.2, 0.25) is 18.1 Å². The van der Waals surface area contributed by atoms with Crippen molar-refractivity contribution in [2.75, 3.05) is 0 Å². The van der Waals surface area contributed by atoms with Crippen molar-refractivity contribution in [1.82, 2.24) is 0 Å². The van der Waals surface area contributed by atoms with E-state index >= 15 is 0 Å². The van der Waals surface area contributed by atoms with Crippen molar-refractivity contribution in [3.05, 3.63) is 47.9 Å². The highest BCUT2D eigenvalue weighted by Gasteiger charge is 2.67. The van der Waals surface area contributed by atoms with Gasteiger partial charge in [-0.2, -0.15) is 0 Å². The van der Waals surface area contributed by atoms with Crippen molar-refractivity contribution in [1.29, 1.82) is 0 Å². The van der Waals surface area contributed by atoms with E-state index in [2.05, 4.69) is 65.9 Å². The van der Waals surface area contributed by atoms with E-state index in [1.165, 1.54) is 5.56 Å². The normalized spacial score (nSPS) is 33.3. The maximum atomic E-state index is 6.34. The molecule has 1 saturated heterocycles. The van der Waals surface area contributed by atoms with Crippen molar-refractivity contribution >= 4 is 8.32 Å². The smallest absolute Gasteiger partial charge is 0.264 e. The second kappa shape index (κ2) is 4.87. The molecule has 1 aromatic carbocycles. The zero-order chi connectivity index (χ0) is 17.1. The zero-order valence-electron chi connectivity index (χ0n) is 15.3. The third kappa shape index (κ3) is 2.34. The summed E-state index contributed by atoms with van der Waals surface area (Å²) in [6.45, 7) is 15.5. The fraction of sp³-hybridized carbons (Fsp3) is 0.579. The van der Waals surface area contributed by atoms with Gasteiger partial charge in [-0.05, 0) is 37.5 Å². The Morgan fingerprint density at radius 3 is 2.26 bits per heavy atom. The first-order valence-corrected chi connectivity index (χ1v) is 11.2. The predicted octanol–water partition coefficient (Wildman–Crippen LogP) is 5.16. The molecule has 0 bridgehead atoms. The van der Waals surface area contributed by atoms with Gasteiger partial charge in [0.05, 0.1) is 5.41 Å². The Bertz CT molecular complexity index is 632. The molecule has 3 rings (SSSR count). The Morgan fingerprint density at radius 2 is 1.70 bits per heavy atom. The number of benzene rings is 1. The average Bonchev–Trinajstić information content (AvgIpc) is 2.70. The highest BCUT2D eigenvalue weighted by molar-refractivity contribution is 6.74. The minimum atomic E-state index is -1.91. The fourth-order valence-corrected chi connectivity index (χ4v) is 3.88. The molecule has 0 amide bonds. The van der Waals surface area contributed by atoms with E-state index in [1.807, 2.05) is 18.2 Å². The van der Waals surface area contributed by atoms with Crippen LogP contribution in [0.5, 0.6) is 0 Å². The molecule has 0 saturated carbocycles. The van der Waals surface area contributed by atoms with E-state index in [9.17, 15) is 0 Å². The third-order valence-electron chi connectivity index (χ3n) is 5.99. The van der Waals surface area contributed by atoms with Crippen LogP contribution >= 0.6 is 0 Å². The van der Waals surface area contributed by atoms with Crippen LogP contribution in [0.25, 0.3) is 0 Å². The lowest BCUT2D eigenvalue weighted by atomic mass is 9.66. The van der Waals surface area contributed by atoms with E-state index in [0.29, 0.717) is 5.95 Å². The molecule has 1 fully saturated rings. The molecule has 126 valence electrons. The topological polar surface area (TPSA) is 27.7 Å². The van der Waals surface area contributed by atoms with Gasteiger partial charge >= 0.3 is 0 Å². The fourth-order valence-electron chi connectivity index (χ4n) is 2.96. The molecule has 0 aliphatic carbocycles. The third-order valence-corrected chi connectivity index (χ3v) is 10.3. The van der Waals surface area contributed by atoms with E-state index < -0.39 is 8.32 Å². The predicted molar refractivity (Wildman–Crippen MR) is 94.2 cm³/mol. The van der Waals surface area contributed by atoms with E-state index in [4.69, 9.17) is 13.9 Å². The molecule has 4 heteroatoms. The molecule has 0 unspecified atom stereocenters. The summed E-state index contributed by atoms with van der Waals surface area (Å²) in [6, 6.07) is 10.3. The maximum absolute atomic E-state index is 6.34. The molecule has 3 nitrogen and oxygen atoms in total. The van der Waals surface area contributed by atoms with Crippen LogP contribution in [-0.2, 0) is 19.5 Å². The number of hydrogen-bond acceptors (Lipinski definition) is 3. The molecule has 2 aliphatic heterocycles. The first-order chi connectivity index (χ1) is 10.5. The maximum Gasteiger partial charge on any atom is 0.264 e. The number of hydrogen-bond donors (Lipinski definition) is 0. The van der Waals surface area contributed by atoms with Crippen LogP contribution in [-0.4, -0.2) is 14.6 Å². The summed E-state index contributed by atoms with van der Waals surface area (Å²) in [6.07, 6.45) is 1.88. The van der Waals surface area contributed by atoms with Crippen LogP contribution in [0, 0.1) is 5.41 Å². The lowest BCUT2D eigenvalue weighted by Gasteiger charge is -2.55. The first-order valence-electron chi connectivity index (χ1n) is 8.31. The van der Waals surface area contributed by atoms with Crippen LogP contribution in [0.3, 0.4) is 0 Å². The van der Waals surface area contributed by atoms with Crippen LogP contribution in [0.15, 0.2) is 42.4 Å². The molecular formula is C19H28O3Si. The van der Waals surface area contributed by atoms with Crippen LogP contribution in [0.4, 0.5) is 0 Å². The monoisotopic (exact) mass is 332 g/mol. The highest BCUT2D eigenvalue weighted by atomic mass is 28.4. The van der Waals surface area contributed by atoms with Crippen molar-refractivity contribution in [3.63, 3.8) is 0 Å². The second-order valence-electron chi connectivity index (χ2n) is 8.58. The summed E-state index contributed by atoms with van der Waals surface area (Å²) in [5.74, 6) is 0.642. The van der Waals surface area contributed by atoms with Gasteiger partial charge in [-0.3, -0.25) is 0 Å². The SMILES string of the molecule is CC(C)(C)[Si](C)(C)OC1=C[C@@]2(C)[C@@H](O1)O[C@]2(C)c1ccccc1. The number of fused-ring (bicyclic) bond motifs is 1. The molecule has 2 aliphatic rings. The lowest BCUT2D eigenvalue weighted by molar-refractivity contribution is -0.363. The molecule has 0 aromatic heterocycles. The summed E-state index contributed by atoms with van der Waals surface area (Å²) in [5, 5.41) is 0.142. The Labute approximate surface area is 140 Å². The quantitative estimate of drug-likeness (QED) is 0.716. The minimum absolute atomic E-state index is 0.142. The van der Waals surface area contributed by atoms with Crippen molar-refractivity contribution in [3.8, 4) is 0 Å². The highest BCUT2D eigenvalue weighted by Crippen LogP contribution is 2.61. The van der Waals surface area contributed by atoms with Crippen LogP contribution in [0.1, 0.15) is 40.2 Å². The van der Waals surface area contributed by atoms with Gasteiger partial charge in [-0.15, -0.1) is 0 Å². The average molecular weight is 333 g/mol. The molecule has 0 N–H and O–H groups in total. The van der Waals surface area contributed by atoms with Gasteiger partial charge in [-0.1, -0.05) is 51.1 Å². The Kier molecular flexibility index (Phi) is 3.51. The summed E-state index contributed by atoms with van der Waals surface area (Å²) < 4.78 is 18.4. The summed E-state index contributed by atoms with van der Waals surface area (Å²) >= 11 is 0. The lowest BCUT2D eigenvalue weighted by Crippen LogP contribution is -2.61. The van der Waals surface area contributed by atoms with Crippen LogP contribution < -0.4 is 0 Å². The van der Waals surface area contributed by atoms with Crippen molar-refractivity contribution < 1.29 is 13.9 Å². The summed E-state index contributed by atoms with van der Waals surface area (Å²) in [4.78, 5) is 0. The summed E-state index contributed by atoms with van der Waals surface area (Å²) in [7, 11) is -1.91. The molecule has 0 spiro atoms. The van der Waals surface area contributed by atoms with Crippen molar-refractivity contribution in [2.24, 2.45) is 5.41 Å². The molecule has 2 heterocycles. The van der Waals surface area contributed by atoms with E-state index in [-0.39, 0.29) is 22.3 Å². The standard InChI is InChI=1S/C19H28O3Si/c1-17(2,3)23(6,7)22-15-13-18(4)16(20-15)21-19(18,5)14-11-9-8-10-12-14/h8-13,16H,1-7H3/t16-,18-,19+/m0/s1. The number of ether oxygens (including phenoxy) is 2. The van der Waals surface area contributed by atoms with Gasteiger partial charge in [0, 0.05) is 6.08 Å². The molecule has 23 heavy (non-hydrogen) atoms. The molecular weight excluding hydrogens is 304 g/mol. The first kappa shape index (κ1) is 16.6. The van der Waals surface area contributed by atoms with Gasteiger partial charge < -0.3 is 13.9 Å². The Morgan fingerprint density at radius 1 is 1.09 bits per heavy atom. The Balaban J connectivity index is 1.86. The molecule has 0 radical (unpaired) electrons. The molecule has 1 aromatic rings. The largest absolute Gasteiger partial charge is 0.519 e. The molecule has 3 atom stereocenters. The van der Waals surface area contributed by atoms with Gasteiger partial charge in [0.1, 0.15) is 5.60 Å². The van der Waals surface area contributed by atoms with E-state index in [0.717, 1.165) is 0 Å².